The Bertz CT molecular complexity index is 1070. The maximum Gasteiger partial charge on any atom is 0.259 e. The van der Waals surface area contributed by atoms with Crippen molar-refractivity contribution in [2.24, 2.45) is 0 Å². The van der Waals surface area contributed by atoms with Crippen molar-refractivity contribution in [1.82, 2.24) is 4.98 Å². The van der Waals surface area contributed by atoms with Gasteiger partial charge in [0.15, 0.2) is 5.75 Å². The second kappa shape index (κ2) is 5.66. The second-order valence-electron chi connectivity index (χ2n) is 5.52. The van der Waals surface area contributed by atoms with Crippen molar-refractivity contribution < 1.29 is 9.90 Å². The van der Waals surface area contributed by atoms with Crippen LogP contribution in [-0.4, -0.2) is 16.0 Å². The minimum absolute atomic E-state index is 0.106. The number of pyridine rings is 1. The molecule has 4 aromatic rings. The number of phenolic OH excluding ortho intramolecular Hbond substituents is 1. The fourth-order valence-electron chi connectivity index (χ4n) is 2.84. The number of amides is 1. The predicted molar refractivity (Wildman–Crippen MR) is 95.3 cm³/mol. The van der Waals surface area contributed by atoms with Crippen LogP contribution in [0.25, 0.3) is 21.7 Å². The van der Waals surface area contributed by atoms with E-state index in [0.717, 1.165) is 16.2 Å². The minimum Gasteiger partial charge on any atom is -0.505 e. The van der Waals surface area contributed by atoms with Crippen molar-refractivity contribution in [2.45, 2.75) is 0 Å². The standard InChI is InChI=1S/C20H14N2O2/c23-19-16(11-10-14-7-4-12-21-18(14)19)20(24)22-17-9-3-6-13-5-1-2-8-15(13)17/h1-12,23H,(H,22,24). The summed E-state index contributed by atoms with van der Waals surface area (Å²) in [6.45, 7) is 0. The van der Waals surface area contributed by atoms with E-state index in [1.807, 2.05) is 48.5 Å². The molecule has 0 aliphatic rings. The Labute approximate surface area is 138 Å². The molecule has 4 heteroatoms. The van der Waals surface area contributed by atoms with E-state index in [9.17, 15) is 9.90 Å². The molecule has 4 nitrogen and oxygen atoms in total. The van der Waals surface area contributed by atoms with Gasteiger partial charge in [-0.05, 0) is 23.6 Å². The zero-order valence-corrected chi connectivity index (χ0v) is 12.7. The van der Waals surface area contributed by atoms with E-state index in [0.29, 0.717) is 11.2 Å². The van der Waals surface area contributed by atoms with Crippen LogP contribution in [0.2, 0.25) is 0 Å². The summed E-state index contributed by atoms with van der Waals surface area (Å²) in [5, 5.41) is 16.0. The van der Waals surface area contributed by atoms with Crippen LogP contribution in [0.5, 0.6) is 5.75 Å². The maximum absolute atomic E-state index is 12.6. The van der Waals surface area contributed by atoms with E-state index in [-0.39, 0.29) is 17.2 Å². The molecule has 2 N–H and O–H groups in total. The zero-order chi connectivity index (χ0) is 16.5. The lowest BCUT2D eigenvalue weighted by molar-refractivity contribution is 0.102. The van der Waals surface area contributed by atoms with Crippen LogP contribution in [0.15, 0.2) is 72.9 Å². The van der Waals surface area contributed by atoms with Gasteiger partial charge in [0.25, 0.3) is 5.91 Å². The zero-order valence-electron chi connectivity index (χ0n) is 12.7. The summed E-state index contributed by atoms with van der Waals surface area (Å²) in [7, 11) is 0. The highest BCUT2D eigenvalue weighted by atomic mass is 16.3. The minimum atomic E-state index is -0.364. The van der Waals surface area contributed by atoms with Gasteiger partial charge in [0.2, 0.25) is 0 Å². The molecule has 0 radical (unpaired) electrons. The van der Waals surface area contributed by atoms with Crippen LogP contribution < -0.4 is 5.32 Å². The Morgan fingerprint density at radius 2 is 1.67 bits per heavy atom. The van der Waals surface area contributed by atoms with Crippen molar-refractivity contribution in [1.29, 1.82) is 0 Å². The number of hydrogen-bond acceptors (Lipinski definition) is 3. The highest BCUT2D eigenvalue weighted by Crippen LogP contribution is 2.29. The average molecular weight is 314 g/mol. The lowest BCUT2D eigenvalue weighted by Gasteiger charge is -2.10. The van der Waals surface area contributed by atoms with Gasteiger partial charge in [-0.2, -0.15) is 0 Å². The first-order chi connectivity index (χ1) is 11.7. The van der Waals surface area contributed by atoms with Crippen molar-refractivity contribution in [2.75, 3.05) is 5.32 Å². The molecule has 0 aliphatic heterocycles. The van der Waals surface area contributed by atoms with Crippen molar-refractivity contribution in [3.05, 3.63) is 78.5 Å². The van der Waals surface area contributed by atoms with Crippen LogP contribution in [0.4, 0.5) is 5.69 Å². The fraction of sp³-hybridized carbons (Fsp3) is 0. The molecule has 1 aromatic heterocycles. The largest absolute Gasteiger partial charge is 0.505 e. The van der Waals surface area contributed by atoms with E-state index >= 15 is 0 Å². The summed E-state index contributed by atoms with van der Waals surface area (Å²) in [4.78, 5) is 16.8. The SMILES string of the molecule is O=C(Nc1cccc2ccccc12)c1ccc2cccnc2c1O. The number of rotatable bonds is 2. The van der Waals surface area contributed by atoms with Gasteiger partial charge in [0.05, 0.1) is 5.56 Å². The van der Waals surface area contributed by atoms with E-state index < -0.39 is 0 Å². The van der Waals surface area contributed by atoms with Gasteiger partial charge >= 0.3 is 0 Å². The molecule has 0 bridgehead atoms. The molecule has 0 atom stereocenters. The van der Waals surface area contributed by atoms with Crippen LogP contribution >= 0.6 is 0 Å². The summed E-state index contributed by atoms with van der Waals surface area (Å²) in [5.41, 5.74) is 1.33. The molecule has 116 valence electrons. The van der Waals surface area contributed by atoms with Crippen LogP contribution in [0, 0.1) is 0 Å². The topological polar surface area (TPSA) is 62.2 Å². The third-order valence-corrected chi connectivity index (χ3v) is 4.03. The predicted octanol–water partition coefficient (Wildman–Crippen LogP) is 4.35. The smallest absolute Gasteiger partial charge is 0.259 e. The molecule has 24 heavy (non-hydrogen) atoms. The summed E-state index contributed by atoms with van der Waals surface area (Å²) in [5.74, 6) is -0.470. The molecular formula is C20H14N2O2. The highest BCUT2D eigenvalue weighted by Gasteiger charge is 2.15. The lowest BCUT2D eigenvalue weighted by Crippen LogP contribution is -2.12. The van der Waals surface area contributed by atoms with Gasteiger partial charge in [-0.1, -0.05) is 48.5 Å². The van der Waals surface area contributed by atoms with Crippen LogP contribution in [0.3, 0.4) is 0 Å². The van der Waals surface area contributed by atoms with Gasteiger partial charge in [-0.3, -0.25) is 9.78 Å². The number of hydrogen-bond donors (Lipinski definition) is 2. The number of nitrogens with zero attached hydrogens (tertiary/aromatic N) is 1. The van der Waals surface area contributed by atoms with E-state index in [1.54, 1.807) is 24.4 Å². The number of carbonyl (C=O) groups excluding carboxylic acids is 1. The summed E-state index contributed by atoms with van der Waals surface area (Å²) >= 11 is 0. The van der Waals surface area contributed by atoms with E-state index in [1.165, 1.54) is 0 Å². The fourth-order valence-corrected chi connectivity index (χ4v) is 2.84. The third kappa shape index (κ3) is 2.34. The molecule has 0 saturated carbocycles. The number of phenols is 1. The lowest BCUT2D eigenvalue weighted by atomic mass is 10.1. The molecule has 0 fully saturated rings. The second-order valence-corrected chi connectivity index (χ2v) is 5.52. The van der Waals surface area contributed by atoms with Crippen LogP contribution in [-0.2, 0) is 0 Å². The molecule has 0 aliphatic carbocycles. The normalized spacial score (nSPS) is 10.8. The van der Waals surface area contributed by atoms with Crippen molar-refractivity contribution in [3.63, 3.8) is 0 Å². The summed E-state index contributed by atoms with van der Waals surface area (Å²) < 4.78 is 0. The van der Waals surface area contributed by atoms with Gasteiger partial charge in [-0.15, -0.1) is 0 Å². The first kappa shape index (κ1) is 14.2. The molecule has 3 aromatic carbocycles. The Balaban J connectivity index is 1.75. The molecule has 0 unspecified atom stereocenters. The molecule has 0 saturated heterocycles. The average Bonchev–Trinajstić information content (AvgIpc) is 2.62. The quantitative estimate of drug-likeness (QED) is 0.578. The first-order valence-electron chi connectivity index (χ1n) is 7.60. The summed E-state index contributed by atoms with van der Waals surface area (Å²) in [6, 6.07) is 20.6. The van der Waals surface area contributed by atoms with Crippen LogP contribution in [0.1, 0.15) is 10.4 Å². The number of carbonyl (C=O) groups is 1. The Kier molecular flexibility index (Phi) is 3.35. The number of aromatic hydroxyl groups is 1. The van der Waals surface area contributed by atoms with Gasteiger partial charge in [0, 0.05) is 22.7 Å². The highest BCUT2D eigenvalue weighted by molar-refractivity contribution is 6.12. The van der Waals surface area contributed by atoms with Gasteiger partial charge in [-0.25, -0.2) is 0 Å². The third-order valence-electron chi connectivity index (χ3n) is 4.03. The van der Waals surface area contributed by atoms with E-state index in [4.69, 9.17) is 0 Å². The molecular weight excluding hydrogens is 300 g/mol. The van der Waals surface area contributed by atoms with Gasteiger partial charge < -0.3 is 10.4 Å². The first-order valence-corrected chi connectivity index (χ1v) is 7.60. The van der Waals surface area contributed by atoms with Crippen molar-refractivity contribution >= 4 is 33.3 Å². The molecule has 1 heterocycles. The Hall–Kier alpha value is -3.40. The monoisotopic (exact) mass is 314 g/mol. The number of fused-ring (bicyclic) bond motifs is 2. The number of anilines is 1. The van der Waals surface area contributed by atoms with Crippen molar-refractivity contribution in [3.8, 4) is 5.75 Å². The molecule has 1 amide bonds. The Morgan fingerprint density at radius 1 is 0.875 bits per heavy atom. The number of aromatic nitrogens is 1. The Morgan fingerprint density at radius 3 is 2.58 bits per heavy atom. The van der Waals surface area contributed by atoms with Gasteiger partial charge in [0.1, 0.15) is 5.52 Å². The molecule has 4 rings (SSSR count). The van der Waals surface area contributed by atoms with E-state index in [2.05, 4.69) is 10.3 Å². The summed E-state index contributed by atoms with van der Waals surface area (Å²) in [6.07, 6.45) is 1.59. The number of benzene rings is 3. The number of nitrogens with one attached hydrogen (secondary N) is 1. The molecule has 0 spiro atoms. The maximum atomic E-state index is 12.6.